The molecule has 1 amide bonds. The molecule has 0 bridgehead atoms. The summed E-state index contributed by atoms with van der Waals surface area (Å²) in [6, 6.07) is 0.570. The Bertz CT molecular complexity index is 694. The summed E-state index contributed by atoms with van der Waals surface area (Å²) >= 11 is 5.40. The van der Waals surface area contributed by atoms with E-state index in [0.717, 1.165) is 54.8 Å². The van der Waals surface area contributed by atoms with Crippen LogP contribution in [0.4, 0.5) is 0 Å². The summed E-state index contributed by atoms with van der Waals surface area (Å²) in [5.41, 5.74) is 0. The Kier molecular flexibility index (Phi) is 3.58. The molecule has 2 atom stereocenters. The SMILES string of the molecule is O=C(C1CC1C1CCC1)N1CCC(c2n[nH]c(=S)n2C2CC2)CC1. The number of hydrogen-bond donors (Lipinski definition) is 1. The van der Waals surface area contributed by atoms with Crippen molar-refractivity contribution in [3.05, 3.63) is 10.6 Å². The molecule has 4 fully saturated rings. The van der Waals surface area contributed by atoms with E-state index in [9.17, 15) is 4.79 Å². The van der Waals surface area contributed by atoms with Crippen molar-refractivity contribution in [1.29, 1.82) is 0 Å². The minimum Gasteiger partial charge on any atom is -0.342 e. The van der Waals surface area contributed by atoms with Crippen LogP contribution in [0.15, 0.2) is 0 Å². The summed E-state index contributed by atoms with van der Waals surface area (Å²) in [5, 5.41) is 7.50. The average molecular weight is 347 g/mol. The van der Waals surface area contributed by atoms with Gasteiger partial charge in [0.25, 0.3) is 0 Å². The standard InChI is InChI=1S/C18H26N4OS/c23-17(15-10-14(15)11-2-1-3-11)21-8-6-12(7-9-21)16-19-20-18(24)22(16)13-4-5-13/h11-15H,1-10H2,(H,20,24). The van der Waals surface area contributed by atoms with E-state index in [1.54, 1.807) is 0 Å². The van der Waals surface area contributed by atoms with E-state index in [0.29, 0.717) is 23.8 Å². The van der Waals surface area contributed by atoms with Crippen molar-refractivity contribution in [3.63, 3.8) is 0 Å². The van der Waals surface area contributed by atoms with Gasteiger partial charge in [0.2, 0.25) is 5.91 Å². The molecule has 6 heteroatoms. The molecular formula is C18H26N4OS. The summed E-state index contributed by atoms with van der Waals surface area (Å²) in [5.74, 6) is 3.95. The monoisotopic (exact) mass is 346 g/mol. The number of nitrogens with zero attached hydrogens (tertiary/aromatic N) is 3. The van der Waals surface area contributed by atoms with Gasteiger partial charge in [0.1, 0.15) is 5.82 Å². The summed E-state index contributed by atoms with van der Waals surface area (Å²) in [6.07, 6.45) is 9.76. The number of piperidine rings is 1. The fraction of sp³-hybridized carbons (Fsp3) is 0.833. The van der Waals surface area contributed by atoms with E-state index in [-0.39, 0.29) is 0 Å². The Morgan fingerprint density at radius 2 is 1.88 bits per heavy atom. The fourth-order valence-corrected chi connectivity index (χ4v) is 5.06. The smallest absolute Gasteiger partial charge is 0.225 e. The molecule has 3 saturated carbocycles. The molecule has 1 aliphatic heterocycles. The molecule has 1 aromatic heterocycles. The first-order valence-electron chi connectivity index (χ1n) is 9.68. The van der Waals surface area contributed by atoms with E-state index < -0.39 is 0 Å². The number of carbonyl (C=O) groups is 1. The predicted octanol–water partition coefficient (Wildman–Crippen LogP) is 3.42. The van der Waals surface area contributed by atoms with Gasteiger partial charge in [0.05, 0.1) is 0 Å². The van der Waals surface area contributed by atoms with Crippen LogP contribution in [-0.2, 0) is 4.79 Å². The van der Waals surface area contributed by atoms with Gasteiger partial charge in [-0.25, -0.2) is 0 Å². The molecule has 2 heterocycles. The zero-order valence-electron chi connectivity index (χ0n) is 14.1. The molecule has 1 saturated heterocycles. The summed E-state index contributed by atoms with van der Waals surface area (Å²) in [7, 11) is 0. The van der Waals surface area contributed by atoms with Crippen molar-refractivity contribution in [2.24, 2.45) is 17.8 Å². The molecule has 130 valence electrons. The number of carbonyl (C=O) groups excluding carboxylic acids is 1. The first-order chi connectivity index (χ1) is 11.7. The van der Waals surface area contributed by atoms with E-state index in [2.05, 4.69) is 19.7 Å². The molecule has 3 aliphatic carbocycles. The number of nitrogens with one attached hydrogen (secondary N) is 1. The molecule has 5 nitrogen and oxygen atoms in total. The minimum atomic E-state index is 0.355. The topological polar surface area (TPSA) is 53.9 Å². The quantitative estimate of drug-likeness (QED) is 0.850. The van der Waals surface area contributed by atoms with Gasteiger partial charge in [-0.3, -0.25) is 9.89 Å². The number of amides is 1. The third kappa shape index (κ3) is 2.54. The van der Waals surface area contributed by atoms with Gasteiger partial charge in [-0.2, -0.15) is 5.10 Å². The molecule has 5 rings (SSSR count). The van der Waals surface area contributed by atoms with Gasteiger partial charge in [-0.05, 0) is 56.2 Å². The predicted molar refractivity (Wildman–Crippen MR) is 93.2 cm³/mol. The minimum absolute atomic E-state index is 0.355. The second-order valence-corrected chi connectivity index (χ2v) is 8.67. The molecule has 1 aromatic rings. The Hall–Kier alpha value is -1.17. The number of H-pyrrole nitrogens is 1. The highest BCUT2D eigenvalue weighted by Gasteiger charge is 2.50. The maximum absolute atomic E-state index is 12.7. The second-order valence-electron chi connectivity index (χ2n) is 8.28. The molecule has 0 radical (unpaired) electrons. The van der Waals surface area contributed by atoms with Crippen LogP contribution in [0, 0.1) is 22.5 Å². The van der Waals surface area contributed by atoms with Crippen LogP contribution in [-0.4, -0.2) is 38.7 Å². The van der Waals surface area contributed by atoms with Gasteiger partial charge < -0.3 is 9.47 Å². The summed E-state index contributed by atoms with van der Waals surface area (Å²) in [6.45, 7) is 1.78. The average Bonchev–Trinajstić information content (AvgIpc) is 3.46. The van der Waals surface area contributed by atoms with Crippen LogP contribution in [0.1, 0.15) is 69.2 Å². The first-order valence-corrected chi connectivity index (χ1v) is 10.1. The third-order valence-corrected chi connectivity index (χ3v) is 7.02. The lowest BCUT2D eigenvalue weighted by molar-refractivity contribution is -0.134. The van der Waals surface area contributed by atoms with Crippen molar-refractivity contribution >= 4 is 18.1 Å². The molecule has 0 spiro atoms. The molecule has 24 heavy (non-hydrogen) atoms. The first kappa shape index (κ1) is 15.1. The number of hydrogen-bond acceptors (Lipinski definition) is 3. The number of aromatic nitrogens is 3. The van der Waals surface area contributed by atoms with Gasteiger partial charge in [-0.15, -0.1) is 0 Å². The van der Waals surface area contributed by atoms with Crippen LogP contribution in [0.5, 0.6) is 0 Å². The van der Waals surface area contributed by atoms with Crippen molar-refractivity contribution < 1.29 is 4.79 Å². The molecular weight excluding hydrogens is 320 g/mol. The van der Waals surface area contributed by atoms with Crippen LogP contribution in [0.25, 0.3) is 0 Å². The number of likely N-dealkylation sites (tertiary alicyclic amines) is 1. The van der Waals surface area contributed by atoms with Gasteiger partial charge in [-0.1, -0.05) is 19.3 Å². The lowest BCUT2D eigenvalue weighted by Crippen LogP contribution is -2.39. The van der Waals surface area contributed by atoms with Crippen molar-refractivity contribution in [1.82, 2.24) is 19.7 Å². The lowest BCUT2D eigenvalue weighted by atomic mass is 9.81. The zero-order valence-corrected chi connectivity index (χ0v) is 14.9. The summed E-state index contributed by atoms with van der Waals surface area (Å²) in [4.78, 5) is 14.9. The fourth-order valence-electron chi connectivity index (χ4n) is 4.77. The second kappa shape index (κ2) is 5.68. The van der Waals surface area contributed by atoms with E-state index >= 15 is 0 Å². The van der Waals surface area contributed by atoms with Gasteiger partial charge in [0, 0.05) is 31.0 Å². The van der Waals surface area contributed by atoms with Gasteiger partial charge in [0.15, 0.2) is 4.77 Å². The highest BCUT2D eigenvalue weighted by atomic mass is 32.1. The molecule has 0 aromatic carbocycles. The zero-order chi connectivity index (χ0) is 16.3. The van der Waals surface area contributed by atoms with Crippen LogP contribution >= 0.6 is 12.2 Å². The normalized spacial score (nSPS) is 31.1. The van der Waals surface area contributed by atoms with Crippen molar-refractivity contribution in [3.8, 4) is 0 Å². The molecule has 1 N–H and O–H groups in total. The lowest BCUT2D eigenvalue weighted by Gasteiger charge is -2.32. The van der Waals surface area contributed by atoms with E-state index in [1.807, 2.05) is 0 Å². The molecule has 4 aliphatic rings. The Morgan fingerprint density at radius 1 is 1.12 bits per heavy atom. The maximum atomic E-state index is 12.7. The summed E-state index contributed by atoms with van der Waals surface area (Å²) < 4.78 is 3.01. The highest BCUT2D eigenvalue weighted by Crippen LogP contribution is 2.52. The Labute approximate surface area is 147 Å². The number of rotatable bonds is 4. The van der Waals surface area contributed by atoms with Crippen LogP contribution < -0.4 is 0 Å². The van der Waals surface area contributed by atoms with E-state index in [1.165, 1.54) is 32.1 Å². The van der Waals surface area contributed by atoms with Crippen molar-refractivity contribution in [2.75, 3.05) is 13.1 Å². The third-order valence-electron chi connectivity index (χ3n) is 6.73. The van der Waals surface area contributed by atoms with Gasteiger partial charge >= 0.3 is 0 Å². The maximum Gasteiger partial charge on any atom is 0.225 e. The van der Waals surface area contributed by atoms with Crippen molar-refractivity contribution in [2.45, 2.75) is 63.3 Å². The van der Waals surface area contributed by atoms with Crippen LogP contribution in [0.2, 0.25) is 0 Å². The Morgan fingerprint density at radius 3 is 2.50 bits per heavy atom. The number of aromatic amines is 1. The van der Waals surface area contributed by atoms with Crippen LogP contribution in [0.3, 0.4) is 0 Å². The van der Waals surface area contributed by atoms with E-state index in [4.69, 9.17) is 12.2 Å². The molecule has 2 unspecified atom stereocenters. The highest BCUT2D eigenvalue weighted by molar-refractivity contribution is 7.71. The largest absolute Gasteiger partial charge is 0.342 e. The Balaban J connectivity index is 1.20.